The highest BCUT2D eigenvalue weighted by atomic mass is 35.5. The van der Waals surface area contributed by atoms with Gasteiger partial charge in [0, 0.05) is 27.6 Å². The van der Waals surface area contributed by atoms with E-state index in [4.69, 9.17) is 37.8 Å². The van der Waals surface area contributed by atoms with Gasteiger partial charge in [0.25, 0.3) is 5.91 Å². The standard InChI is InChI=1S/C24H22Cl2N2O5S/c1-12(2)33-20-7-5-6-15(21(20)32-4)19-11-34-24(27-19)28-22(29)14-9-17(25)16(18(26)10-14)8-13(3)23(30)31/h5-12H,1-4H3,(H,30,31)(H,27,28,29)/b13-8+. The van der Waals surface area contributed by atoms with Gasteiger partial charge in [0.2, 0.25) is 0 Å². The Kier molecular flexibility index (Phi) is 8.19. The second-order valence-corrected chi connectivity index (χ2v) is 9.15. The molecule has 0 saturated carbocycles. The second kappa shape index (κ2) is 10.9. The van der Waals surface area contributed by atoms with E-state index in [9.17, 15) is 9.59 Å². The third-order valence-electron chi connectivity index (χ3n) is 4.59. The number of rotatable bonds is 8. The van der Waals surface area contributed by atoms with Crippen LogP contribution in [0.2, 0.25) is 10.0 Å². The zero-order valence-electron chi connectivity index (χ0n) is 18.8. The molecular weight excluding hydrogens is 499 g/mol. The molecule has 10 heteroatoms. The number of carboxylic acids is 1. The molecule has 1 heterocycles. The van der Waals surface area contributed by atoms with Gasteiger partial charge in [0.1, 0.15) is 0 Å². The largest absolute Gasteiger partial charge is 0.492 e. The van der Waals surface area contributed by atoms with Crippen LogP contribution in [0.25, 0.3) is 17.3 Å². The van der Waals surface area contributed by atoms with E-state index in [0.29, 0.717) is 27.9 Å². The lowest BCUT2D eigenvalue weighted by Gasteiger charge is -2.15. The number of amides is 1. The molecule has 0 radical (unpaired) electrons. The molecule has 2 aromatic carbocycles. The molecular formula is C24H22Cl2N2O5S. The molecule has 1 aromatic heterocycles. The quantitative estimate of drug-likeness (QED) is 0.322. The van der Waals surface area contributed by atoms with Crippen molar-refractivity contribution < 1.29 is 24.2 Å². The van der Waals surface area contributed by atoms with Crippen molar-refractivity contribution in [2.45, 2.75) is 26.9 Å². The number of para-hydroxylation sites is 1. The van der Waals surface area contributed by atoms with Crippen LogP contribution < -0.4 is 14.8 Å². The number of nitrogens with one attached hydrogen (secondary N) is 1. The van der Waals surface area contributed by atoms with Crippen molar-refractivity contribution in [3.05, 3.63) is 62.5 Å². The second-order valence-electron chi connectivity index (χ2n) is 7.48. The number of halogens is 2. The van der Waals surface area contributed by atoms with Gasteiger partial charge in [0.05, 0.1) is 29.0 Å². The first-order chi connectivity index (χ1) is 16.1. The molecule has 0 unspecified atom stereocenters. The van der Waals surface area contributed by atoms with Crippen molar-refractivity contribution in [1.29, 1.82) is 0 Å². The number of thiazole rings is 1. The molecule has 0 saturated heterocycles. The summed E-state index contributed by atoms with van der Waals surface area (Å²) < 4.78 is 11.4. The van der Waals surface area contributed by atoms with Gasteiger partial charge in [-0.2, -0.15) is 0 Å². The van der Waals surface area contributed by atoms with Crippen LogP contribution in [0.4, 0.5) is 5.13 Å². The zero-order valence-corrected chi connectivity index (χ0v) is 21.1. The van der Waals surface area contributed by atoms with Gasteiger partial charge >= 0.3 is 5.97 Å². The number of ether oxygens (including phenoxy) is 2. The SMILES string of the molecule is COc1c(OC(C)C)cccc1-c1csc(NC(=O)c2cc(Cl)c(/C=C(\C)C(=O)O)c(Cl)c2)n1. The fraction of sp³-hybridized carbons (Fsp3) is 0.208. The van der Waals surface area contributed by atoms with E-state index < -0.39 is 11.9 Å². The highest BCUT2D eigenvalue weighted by Gasteiger charge is 2.18. The van der Waals surface area contributed by atoms with E-state index >= 15 is 0 Å². The Balaban J connectivity index is 1.84. The maximum absolute atomic E-state index is 12.8. The van der Waals surface area contributed by atoms with Crippen LogP contribution in [-0.2, 0) is 4.79 Å². The first kappa shape index (κ1) is 25.6. The molecule has 3 aromatic rings. The molecule has 2 N–H and O–H groups in total. The topological polar surface area (TPSA) is 97.8 Å². The molecule has 0 spiro atoms. The number of benzene rings is 2. The number of aliphatic carboxylic acids is 1. The third-order valence-corrected chi connectivity index (χ3v) is 5.97. The minimum Gasteiger partial charge on any atom is -0.492 e. The minimum absolute atomic E-state index is 0.0250. The Morgan fingerprint density at radius 3 is 2.47 bits per heavy atom. The lowest BCUT2D eigenvalue weighted by Crippen LogP contribution is -2.12. The van der Waals surface area contributed by atoms with E-state index in [0.717, 1.165) is 5.56 Å². The number of nitrogens with zero attached hydrogens (tertiary/aromatic N) is 1. The van der Waals surface area contributed by atoms with Crippen molar-refractivity contribution in [1.82, 2.24) is 4.98 Å². The number of carbonyl (C=O) groups is 2. The third kappa shape index (κ3) is 5.88. The van der Waals surface area contributed by atoms with Crippen LogP contribution in [0, 0.1) is 0 Å². The predicted molar refractivity (Wildman–Crippen MR) is 136 cm³/mol. The molecule has 0 fully saturated rings. The first-order valence-corrected chi connectivity index (χ1v) is 11.8. The first-order valence-electron chi connectivity index (χ1n) is 10.1. The van der Waals surface area contributed by atoms with Gasteiger partial charge < -0.3 is 14.6 Å². The number of hydrogen-bond acceptors (Lipinski definition) is 6. The molecule has 7 nitrogen and oxygen atoms in total. The molecule has 0 atom stereocenters. The molecule has 0 aliphatic heterocycles. The van der Waals surface area contributed by atoms with E-state index in [1.807, 2.05) is 32.0 Å². The molecule has 0 aliphatic rings. The molecule has 1 amide bonds. The van der Waals surface area contributed by atoms with Gasteiger partial charge in [-0.15, -0.1) is 11.3 Å². The average molecular weight is 521 g/mol. The van der Waals surface area contributed by atoms with Crippen molar-refractivity contribution in [2.24, 2.45) is 0 Å². The Labute approximate surface area is 211 Å². The monoisotopic (exact) mass is 520 g/mol. The summed E-state index contributed by atoms with van der Waals surface area (Å²) in [6.45, 7) is 5.28. The lowest BCUT2D eigenvalue weighted by molar-refractivity contribution is -0.132. The van der Waals surface area contributed by atoms with Crippen molar-refractivity contribution in [3.63, 3.8) is 0 Å². The number of carbonyl (C=O) groups excluding carboxylic acids is 1. The number of anilines is 1. The Hall–Kier alpha value is -3.07. The number of hydrogen-bond donors (Lipinski definition) is 2. The van der Waals surface area contributed by atoms with Crippen LogP contribution in [-0.4, -0.2) is 35.2 Å². The number of carboxylic acid groups (broad SMARTS) is 1. The van der Waals surface area contributed by atoms with Gasteiger partial charge in [-0.25, -0.2) is 9.78 Å². The zero-order chi connectivity index (χ0) is 25.0. The highest BCUT2D eigenvalue weighted by Crippen LogP contribution is 2.39. The van der Waals surface area contributed by atoms with Crippen LogP contribution >= 0.6 is 34.5 Å². The summed E-state index contributed by atoms with van der Waals surface area (Å²) in [5.41, 5.74) is 1.95. The fourth-order valence-corrected chi connectivity index (χ4v) is 4.33. The van der Waals surface area contributed by atoms with Crippen LogP contribution in [0.3, 0.4) is 0 Å². The summed E-state index contributed by atoms with van der Waals surface area (Å²) in [6, 6.07) is 8.38. The Bertz CT molecular complexity index is 1250. The van der Waals surface area contributed by atoms with Crippen molar-refractivity contribution in [2.75, 3.05) is 12.4 Å². The lowest BCUT2D eigenvalue weighted by atomic mass is 10.1. The van der Waals surface area contributed by atoms with Gasteiger partial charge in [-0.3, -0.25) is 10.1 Å². The van der Waals surface area contributed by atoms with Crippen molar-refractivity contribution >= 4 is 57.6 Å². The van der Waals surface area contributed by atoms with Crippen LogP contribution in [0.15, 0.2) is 41.3 Å². The number of aromatic nitrogens is 1. The summed E-state index contributed by atoms with van der Waals surface area (Å²) >= 11 is 13.8. The van der Waals surface area contributed by atoms with Gasteiger partial charge in [-0.1, -0.05) is 29.3 Å². The molecule has 0 bridgehead atoms. The maximum Gasteiger partial charge on any atom is 0.331 e. The summed E-state index contributed by atoms with van der Waals surface area (Å²) in [5, 5.41) is 14.3. The summed E-state index contributed by atoms with van der Waals surface area (Å²) in [4.78, 5) is 28.4. The summed E-state index contributed by atoms with van der Waals surface area (Å²) in [7, 11) is 1.56. The highest BCUT2D eigenvalue weighted by molar-refractivity contribution is 7.14. The molecule has 34 heavy (non-hydrogen) atoms. The number of methoxy groups -OCH3 is 1. The van der Waals surface area contributed by atoms with Crippen LogP contribution in [0.1, 0.15) is 36.7 Å². The Morgan fingerprint density at radius 1 is 1.21 bits per heavy atom. The van der Waals surface area contributed by atoms with Gasteiger partial charge in [-0.05, 0) is 51.1 Å². The van der Waals surface area contributed by atoms with Crippen molar-refractivity contribution in [3.8, 4) is 22.8 Å². The molecule has 0 aliphatic carbocycles. The summed E-state index contributed by atoms with van der Waals surface area (Å²) in [6.07, 6.45) is 1.33. The van der Waals surface area contributed by atoms with Gasteiger partial charge in [0.15, 0.2) is 16.6 Å². The smallest absolute Gasteiger partial charge is 0.331 e. The predicted octanol–water partition coefficient (Wildman–Crippen LogP) is 6.65. The normalized spacial score (nSPS) is 11.4. The van der Waals surface area contributed by atoms with E-state index in [2.05, 4.69) is 10.3 Å². The van der Waals surface area contributed by atoms with E-state index in [1.165, 1.54) is 36.5 Å². The Morgan fingerprint density at radius 2 is 1.88 bits per heavy atom. The van der Waals surface area contributed by atoms with Crippen LogP contribution in [0.5, 0.6) is 11.5 Å². The molecule has 178 valence electrons. The molecule has 3 rings (SSSR count). The minimum atomic E-state index is -1.09. The fourth-order valence-electron chi connectivity index (χ4n) is 3.03. The summed E-state index contributed by atoms with van der Waals surface area (Å²) in [5.74, 6) is -0.395. The maximum atomic E-state index is 12.8. The van der Waals surface area contributed by atoms with E-state index in [1.54, 1.807) is 12.5 Å². The van der Waals surface area contributed by atoms with E-state index in [-0.39, 0.29) is 27.3 Å². The average Bonchev–Trinajstić information content (AvgIpc) is 3.23.